The number of aromatic nitrogens is 4. The van der Waals surface area contributed by atoms with Gasteiger partial charge in [-0.1, -0.05) is 88.0 Å². The molecule has 5 rings (SSSR count). The second kappa shape index (κ2) is 22.2. The maximum Gasteiger partial charge on any atom is 0.384 e. The molecule has 0 bridgehead atoms. The number of rotatable bonds is 5. The number of thiazole rings is 1. The van der Waals surface area contributed by atoms with Gasteiger partial charge in [-0.25, -0.2) is 0 Å². The van der Waals surface area contributed by atoms with Crippen molar-refractivity contribution in [1.82, 2.24) is 0 Å². The number of nitrogens with zero attached hydrogens (tertiary/aromatic N) is 5. The van der Waals surface area contributed by atoms with Gasteiger partial charge in [-0.3, -0.25) is 26.0 Å². The fourth-order valence-electron chi connectivity index (χ4n) is 4.11. The molecular formula is C36H60N5O6S+5. The van der Waals surface area contributed by atoms with E-state index in [9.17, 15) is 10.4 Å². The van der Waals surface area contributed by atoms with Crippen molar-refractivity contribution >= 4 is 17.0 Å². The van der Waals surface area contributed by atoms with E-state index in [-0.39, 0.29) is 7.43 Å². The van der Waals surface area contributed by atoms with E-state index >= 15 is 0 Å². The van der Waals surface area contributed by atoms with Crippen LogP contribution in [0.25, 0.3) is 0 Å². The van der Waals surface area contributed by atoms with Crippen molar-refractivity contribution in [2.45, 2.75) is 100 Å². The van der Waals surface area contributed by atoms with E-state index in [1.54, 1.807) is 30.0 Å². The molecule has 11 nitrogen and oxygen atoms in total. The lowest BCUT2D eigenvalue weighted by Crippen LogP contribution is -2.34. The summed E-state index contributed by atoms with van der Waals surface area (Å²) in [6, 6.07) is 11.2. The third-order valence-electron chi connectivity index (χ3n) is 6.79. The number of hydrogen-bond acceptors (Lipinski definition) is 7. The van der Waals surface area contributed by atoms with Gasteiger partial charge in [-0.15, -0.1) is 0 Å². The van der Waals surface area contributed by atoms with E-state index in [1.807, 2.05) is 83.3 Å². The van der Waals surface area contributed by atoms with Crippen LogP contribution in [0.3, 0.4) is 0 Å². The molecule has 0 amide bonds. The van der Waals surface area contributed by atoms with Crippen molar-refractivity contribution in [1.29, 1.82) is 0 Å². The van der Waals surface area contributed by atoms with Gasteiger partial charge < -0.3 is 4.42 Å². The molecule has 0 fully saturated rings. The first-order valence-electron chi connectivity index (χ1n) is 15.8. The SMILES string of the molecule is C.CC(C)C1=[N+](O)CC=C1.CC(C)c1cccc[n+]1O.CC(C)c1cccc[n+]1O.CC(C)c1coc[n+]1O.CC(C)c1csc[n+]1O. The Bertz CT molecular complexity index is 1430. The smallest absolute Gasteiger partial charge is 0.384 e. The normalized spacial score (nSPS) is 11.6. The summed E-state index contributed by atoms with van der Waals surface area (Å²) in [6.45, 7) is 21.0. The molecule has 0 atom stereocenters. The summed E-state index contributed by atoms with van der Waals surface area (Å²) in [4.78, 5) is 0. The van der Waals surface area contributed by atoms with Crippen LogP contribution >= 0.6 is 11.3 Å². The molecule has 12 heteroatoms. The number of pyridine rings is 2. The van der Waals surface area contributed by atoms with Gasteiger partial charge in [-0.2, -0.15) is 0 Å². The average molecular weight is 691 g/mol. The topological polar surface area (TPSA) is 133 Å². The number of hydroxylamine groups is 1. The molecule has 0 unspecified atom stereocenters. The average Bonchev–Trinajstić information content (AvgIpc) is 3.75. The molecule has 1 aliphatic heterocycles. The van der Waals surface area contributed by atoms with Crippen LogP contribution in [0, 0.1) is 5.92 Å². The van der Waals surface area contributed by atoms with Crippen LogP contribution in [0.4, 0.5) is 0 Å². The summed E-state index contributed by atoms with van der Waals surface area (Å²) in [5, 5.41) is 47.4. The van der Waals surface area contributed by atoms with Crippen molar-refractivity contribution in [3.05, 3.63) is 107 Å². The highest BCUT2D eigenvalue weighted by atomic mass is 32.1. The summed E-state index contributed by atoms with van der Waals surface area (Å²) in [5.74, 6) is 1.86. The molecule has 0 spiro atoms. The van der Waals surface area contributed by atoms with Crippen molar-refractivity contribution < 1.29 is 54.1 Å². The Hall–Kier alpha value is -4.45. The standard InChI is InChI=1S/2C8H12NO.C7H12NO.C6H10NO2.C6H10NOS.CH4/c2*1-7(2)8-5-3-4-6-9(8)10;1-6(2)7-4-3-5-8(7)9;2*1-5(2)6-3-9-4-7(6)8;/h2*3-7,10H,1-2H3;3-4,6,9H,5H2,1-2H3;2*3-5,8H,1-2H3;1H4/q5*+1;. The maximum atomic E-state index is 9.20. The van der Waals surface area contributed by atoms with Gasteiger partial charge in [0, 0.05) is 78.9 Å². The van der Waals surface area contributed by atoms with Crippen LogP contribution in [-0.4, -0.2) is 43.0 Å². The summed E-state index contributed by atoms with van der Waals surface area (Å²) in [5.41, 5.74) is 6.31. The van der Waals surface area contributed by atoms with Crippen LogP contribution in [0.2, 0.25) is 0 Å². The molecule has 4 aromatic rings. The molecule has 1 aliphatic rings. The molecule has 0 radical (unpaired) electrons. The zero-order chi connectivity index (χ0) is 35.7. The minimum atomic E-state index is 0. The molecule has 0 saturated heterocycles. The van der Waals surface area contributed by atoms with Gasteiger partial charge in [0.05, 0.1) is 5.38 Å². The Morgan fingerprint density at radius 3 is 1.29 bits per heavy atom. The quantitative estimate of drug-likeness (QED) is 0.0902. The third kappa shape index (κ3) is 15.0. The zero-order valence-electron chi connectivity index (χ0n) is 29.5. The van der Waals surface area contributed by atoms with E-state index in [0.717, 1.165) is 42.7 Å². The van der Waals surface area contributed by atoms with Gasteiger partial charge >= 0.3 is 6.39 Å². The van der Waals surface area contributed by atoms with E-state index in [0.29, 0.717) is 36.1 Å². The van der Waals surface area contributed by atoms with E-state index in [4.69, 9.17) is 20.0 Å². The number of oxazole rings is 1. The molecule has 0 aromatic carbocycles. The van der Waals surface area contributed by atoms with Crippen LogP contribution in [-0.2, 0) is 0 Å². The lowest BCUT2D eigenvalue weighted by molar-refractivity contribution is -0.911. The highest BCUT2D eigenvalue weighted by molar-refractivity contribution is 7.07. The van der Waals surface area contributed by atoms with E-state index in [2.05, 4.69) is 27.7 Å². The minimum absolute atomic E-state index is 0. The van der Waals surface area contributed by atoms with Gasteiger partial charge in [0.25, 0.3) is 11.2 Å². The van der Waals surface area contributed by atoms with Gasteiger partial charge in [0.2, 0.25) is 41.7 Å². The lowest BCUT2D eigenvalue weighted by Gasteiger charge is -1.97. The van der Waals surface area contributed by atoms with Crippen molar-refractivity contribution in [3.8, 4) is 0 Å². The van der Waals surface area contributed by atoms with Gasteiger partial charge in [0.15, 0.2) is 6.26 Å². The molecule has 5 N–H and O–H groups in total. The largest absolute Gasteiger partial charge is 0.409 e. The van der Waals surface area contributed by atoms with Crippen LogP contribution in [0.1, 0.15) is 123 Å². The second-order valence-corrected chi connectivity index (χ2v) is 13.1. The predicted octanol–water partition coefficient (Wildman–Crippen LogP) is 6.68. The summed E-state index contributed by atoms with van der Waals surface area (Å²) >= 11 is 1.51. The molecule has 5 heterocycles. The van der Waals surface area contributed by atoms with Crippen LogP contribution in [0.15, 0.2) is 88.9 Å². The first-order valence-corrected chi connectivity index (χ1v) is 16.8. The van der Waals surface area contributed by atoms with Crippen LogP contribution in [0.5, 0.6) is 0 Å². The zero-order valence-corrected chi connectivity index (χ0v) is 30.3. The first-order chi connectivity index (χ1) is 22.1. The Kier molecular flexibility index (Phi) is 20.1. The maximum absolute atomic E-state index is 9.20. The highest BCUT2D eigenvalue weighted by Crippen LogP contribution is 2.11. The summed E-state index contributed by atoms with van der Waals surface area (Å²) < 4.78 is 10.5. The third-order valence-corrected chi connectivity index (χ3v) is 7.49. The van der Waals surface area contributed by atoms with E-state index in [1.165, 1.54) is 33.5 Å². The van der Waals surface area contributed by atoms with Crippen molar-refractivity contribution in [3.63, 3.8) is 0 Å². The molecule has 266 valence electrons. The molecule has 4 aromatic heterocycles. The number of hydrogen-bond donors (Lipinski definition) is 5. The van der Waals surface area contributed by atoms with Crippen LogP contribution < -0.4 is 18.9 Å². The summed E-state index contributed by atoms with van der Waals surface area (Å²) in [7, 11) is 0. The lowest BCUT2D eigenvalue weighted by atomic mass is 10.1. The minimum Gasteiger partial charge on any atom is -0.409 e. The molecule has 0 saturated carbocycles. The van der Waals surface area contributed by atoms with E-state index < -0.39 is 0 Å². The van der Waals surface area contributed by atoms with Crippen molar-refractivity contribution in [2.24, 2.45) is 5.92 Å². The molecular weight excluding hydrogens is 630 g/mol. The van der Waals surface area contributed by atoms with Gasteiger partial charge in [0.1, 0.15) is 0 Å². The fourth-order valence-corrected chi connectivity index (χ4v) is 4.93. The highest BCUT2D eigenvalue weighted by Gasteiger charge is 2.19. The number of allylic oxidation sites excluding steroid dienone is 1. The molecule has 48 heavy (non-hydrogen) atoms. The second-order valence-electron chi connectivity index (χ2n) is 12.4. The predicted molar refractivity (Wildman–Crippen MR) is 184 cm³/mol. The first kappa shape index (κ1) is 43.5. The Morgan fingerprint density at radius 1 is 0.604 bits per heavy atom. The molecule has 0 aliphatic carbocycles. The van der Waals surface area contributed by atoms with Crippen molar-refractivity contribution in [2.75, 3.05) is 6.54 Å². The van der Waals surface area contributed by atoms with Gasteiger partial charge in [-0.05, 0) is 22.9 Å². The Labute approximate surface area is 290 Å². The fraction of sp³-hybridized carbons (Fsp3) is 0.472. The monoisotopic (exact) mass is 690 g/mol. The summed E-state index contributed by atoms with van der Waals surface area (Å²) in [6.07, 6.45) is 9.98. The Morgan fingerprint density at radius 2 is 1.08 bits per heavy atom. The Balaban J connectivity index is 0.000000573.